The quantitative estimate of drug-likeness (QED) is 0.887. The normalized spacial score (nSPS) is 21.2. The summed E-state index contributed by atoms with van der Waals surface area (Å²) in [6.45, 7) is 3.35. The Labute approximate surface area is 146 Å². The third kappa shape index (κ3) is 3.32. The average Bonchev–Trinajstić information content (AvgIpc) is 3.14. The minimum atomic E-state index is -0.403. The molecule has 4 nitrogen and oxygen atoms in total. The predicted molar refractivity (Wildman–Crippen MR) is 92.8 cm³/mol. The number of halogens is 2. The Morgan fingerprint density at radius 2 is 2.25 bits per heavy atom. The summed E-state index contributed by atoms with van der Waals surface area (Å²) in [4.78, 5) is 17.5. The topological polar surface area (TPSA) is 48.1 Å². The number of benzene rings is 1. The van der Waals surface area contributed by atoms with Crippen molar-refractivity contribution in [2.75, 3.05) is 20.1 Å². The van der Waals surface area contributed by atoms with Crippen molar-refractivity contribution in [1.82, 2.24) is 15.2 Å². The first kappa shape index (κ1) is 17.0. The number of hydrogen-bond donors (Lipinski definition) is 2. The lowest BCUT2D eigenvalue weighted by Gasteiger charge is -2.26. The fourth-order valence-electron chi connectivity index (χ4n) is 3.48. The molecule has 3 rings (SSSR count). The molecule has 1 fully saturated rings. The summed E-state index contributed by atoms with van der Waals surface area (Å²) in [7, 11) is 2.02. The molecule has 24 heavy (non-hydrogen) atoms. The highest BCUT2D eigenvalue weighted by atomic mass is 35.5. The first-order valence-electron chi connectivity index (χ1n) is 8.04. The van der Waals surface area contributed by atoms with Gasteiger partial charge < -0.3 is 10.3 Å². The SMILES string of the molecule is Cc1[nH]ccc1C(=O)NC[C@@H]1CCN(C)[C@@H]1c1ccc(Cl)c(F)c1. The summed E-state index contributed by atoms with van der Waals surface area (Å²) in [6, 6.07) is 6.81. The fraction of sp³-hybridized carbons (Fsp3) is 0.389. The second kappa shape index (κ2) is 6.95. The Bertz CT molecular complexity index is 746. The minimum Gasteiger partial charge on any atom is -0.365 e. The molecule has 2 atom stereocenters. The van der Waals surface area contributed by atoms with Gasteiger partial charge in [-0.3, -0.25) is 9.69 Å². The molecule has 1 aliphatic rings. The van der Waals surface area contributed by atoms with E-state index in [4.69, 9.17) is 11.6 Å². The number of aromatic nitrogens is 1. The van der Waals surface area contributed by atoms with Crippen molar-refractivity contribution < 1.29 is 9.18 Å². The third-order valence-corrected chi connectivity index (χ3v) is 5.09. The summed E-state index contributed by atoms with van der Waals surface area (Å²) >= 11 is 5.79. The number of likely N-dealkylation sites (tertiary alicyclic amines) is 1. The van der Waals surface area contributed by atoms with Gasteiger partial charge in [-0.25, -0.2) is 4.39 Å². The van der Waals surface area contributed by atoms with Crippen LogP contribution in [0.2, 0.25) is 5.02 Å². The first-order chi connectivity index (χ1) is 11.5. The minimum absolute atomic E-state index is 0.0735. The van der Waals surface area contributed by atoms with E-state index in [2.05, 4.69) is 15.2 Å². The number of carbonyl (C=O) groups is 1. The summed E-state index contributed by atoms with van der Waals surface area (Å²) in [5.74, 6) is -0.247. The number of amides is 1. The zero-order valence-corrected chi connectivity index (χ0v) is 14.5. The summed E-state index contributed by atoms with van der Waals surface area (Å²) in [6.07, 6.45) is 2.71. The van der Waals surface area contributed by atoms with Gasteiger partial charge in [-0.15, -0.1) is 0 Å². The third-order valence-electron chi connectivity index (χ3n) is 4.78. The molecule has 0 unspecified atom stereocenters. The van der Waals surface area contributed by atoms with Crippen LogP contribution >= 0.6 is 11.6 Å². The van der Waals surface area contributed by atoms with Crippen LogP contribution in [-0.2, 0) is 0 Å². The molecule has 1 aromatic heterocycles. The summed E-state index contributed by atoms with van der Waals surface area (Å²) in [5.41, 5.74) is 2.41. The largest absolute Gasteiger partial charge is 0.365 e. The van der Waals surface area contributed by atoms with E-state index in [1.807, 2.05) is 20.0 Å². The zero-order valence-electron chi connectivity index (χ0n) is 13.8. The second-order valence-corrected chi connectivity index (χ2v) is 6.78. The van der Waals surface area contributed by atoms with Crippen molar-refractivity contribution in [3.63, 3.8) is 0 Å². The van der Waals surface area contributed by atoms with Gasteiger partial charge in [-0.1, -0.05) is 17.7 Å². The molecule has 1 amide bonds. The average molecular weight is 350 g/mol. The maximum Gasteiger partial charge on any atom is 0.253 e. The molecular weight excluding hydrogens is 329 g/mol. The number of aryl methyl sites for hydroxylation is 1. The van der Waals surface area contributed by atoms with Crippen molar-refractivity contribution in [2.45, 2.75) is 19.4 Å². The number of H-pyrrole nitrogens is 1. The molecule has 2 aromatic rings. The van der Waals surface area contributed by atoms with Gasteiger partial charge in [0.1, 0.15) is 5.82 Å². The number of aromatic amines is 1. The molecule has 0 saturated carbocycles. The molecular formula is C18H21ClFN3O. The molecule has 0 bridgehead atoms. The Kier molecular flexibility index (Phi) is 4.92. The summed E-state index contributed by atoms with van der Waals surface area (Å²) in [5, 5.41) is 3.14. The van der Waals surface area contributed by atoms with Gasteiger partial charge in [-0.2, -0.15) is 0 Å². The molecule has 6 heteroatoms. The highest BCUT2D eigenvalue weighted by Gasteiger charge is 2.33. The van der Waals surface area contributed by atoms with Crippen molar-refractivity contribution in [1.29, 1.82) is 0 Å². The zero-order chi connectivity index (χ0) is 17.3. The van der Waals surface area contributed by atoms with E-state index < -0.39 is 5.82 Å². The molecule has 0 spiro atoms. The van der Waals surface area contributed by atoms with Crippen molar-refractivity contribution in [3.8, 4) is 0 Å². The molecule has 1 aliphatic heterocycles. The van der Waals surface area contributed by atoms with Crippen LogP contribution < -0.4 is 5.32 Å². The van der Waals surface area contributed by atoms with Crippen molar-refractivity contribution in [3.05, 3.63) is 58.1 Å². The van der Waals surface area contributed by atoms with Crippen LogP contribution in [0.3, 0.4) is 0 Å². The van der Waals surface area contributed by atoms with Gasteiger partial charge in [-0.05, 0) is 56.6 Å². The van der Waals surface area contributed by atoms with Crippen LogP contribution in [0.1, 0.15) is 34.1 Å². The van der Waals surface area contributed by atoms with E-state index >= 15 is 0 Å². The lowest BCUT2D eigenvalue weighted by Crippen LogP contribution is -2.32. The van der Waals surface area contributed by atoms with Crippen LogP contribution in [0.15, 0.2) is 30.5 Å². The highest BCUT2D eigenvalue weighted by Crippen LogP contribution is 2.36. The van der Waals surface area contributed by atoms with E-state index in [1.165, 1.54) is 6.07 Å². The van der Waals surface area contributed by atoms with Crippen LogP contribution in [0.25, 0.3) is 0 Å². The fourth-order valence-corrected chi connectivity index (χ4v) is 3.60. The van der Waals surface area contributed by atoms with Gasteiger partial charge in [0, 0.05) is 24.5 Å². The van der Waals surface area contributed by atoms with Crippen LogP contribution in [-0.4, -0.2) is 35.9 Å². The van der Waals surface area contributed by atoms with Crippen LogP contribution in [0.4, 0.5) is 4.39 Å². The maximum absolute atomic E-state index is 13.8. The van der Waals surface area contributed by atoms with Gasteiger partial charge in [0.05, 0.1) is 10.6 Å². The lowest BCUT2D eigenvalue weighted by atomic mass is 9.93. The Morgan fingerprint density at radius 3 is 2.92 bits per heavy atom. The smallest absolute Gasteiger partial charge is 0.253 e. The second-order valence-electron chi connectivity index (χ2n) is 6.37. The molecule has 0 aliphatic carbocycles. The standard InChI is InChI=1S/C18H21ClFN3O/c1-11-14(5-7-21-11)18(24)22-10-13-6-8-23(2)17(13)12-3-4-15(19)16(20)9-12/h3-5,7,9,13,17,21H,6,8,10H2,1-2H3,(H,22,24)/t13-,17+/m0/s1. The number of rotatable bonds is 4. The molecule has 2 heterocycles. The Morgan fingerprint density at radius 1 is 1.46 bits per heavy atom. The predicted octanol–water partition coefficient (Wildman–Crippen LogP) is 3.54. The molecule has 128 valence electrons. The van der Waals surface area contributed by atoms with Gasteiger partial charge in [0.2, 0.25) is 0 Å². The van der Waals surface area contributed by atoms with Gasteiger partial charge in [0.15, 0.2) is 0 Å². The summed E-state index contributed by atoms with van der Waals surface area (Å²) < 4.78 is 13.8. The molecule has 0 radical (unpaired) electrons. The molecule has 1 aromatic carbocycles. The number of hydrogen-bond acceptors (Lipinski definition) is 2. The van der Waals surface area contributed by atoms with Gasteiger partial charge in [0.25, 0.3) is 5.91 Å². The molecule has 1 saturated heterocycles. The Balaban J connectivity index is 1.71. The lowest BCUT2D eigenvalue weighted by molar-refractivity contribution is 0.0943. The van der Waals surface area contributed by atoms with E-state index in [-0.39, 0.29) is 22.9 Å². The molecule has 2 N–H and O–H groups in total. The van der Waals surface area contributed by atoms with E-state index in [1.54, 1.807) is 18.3 Å². The Hall–Kier alpha value is -1.85. The van der Waals surface area contributed by atoms with Crippen LogP contribution in [0, 0.1) is 18.7 Å². The maximum atomic E-state index is 13.8. The van der Waals surface area contributed by atoms with E-state index in [0.29, 0.717) is 12.1 Å². The number of nitrogens with one attached hydrogen (secondary N) is 2. The number of carbonyl (C=O) groups excluding carboxylic acids is 1. The van der Waals surface area contributed by atoms with Crippen LogP contribution in [0.5, 0.6) is 0 Å². The van der Waals surface area contributed by atoms with Crippen molar-refractivity contribution >= 4 is 17.5 Å². The van der Waals surface area contributed by atoms with E-state index in [0.717, 1.165) is 24.2 Å². The van der Waals surface area contributed by atoms with E-state index in [9.17, 15) is 9.18 Å². The van der Waals surface area contributed by atoms with Crippen molar-refractivity contribution in [2.24, 2.45) is 5.92 Å². The van der Waals surface area contributed by atoms with Gasteiger partial charge >= 0.3 is 0 Å². The first-order valence-corrected chi connectivity index (χ1v) is 8.42. The monoisotopic (exact) mass is 349 g/mol. The highest BCUT2D eigenvalue weighted by molar-refractivity contribution is 6.30. The number of nitrogens with zero attached hydrogens (tertiary/aromatic N) is 1.